The van der Waals surface area contributed by atoms with Crippen LogP contribution < -0.4 is 5.06 Å². The third-order valence-electron chi connectivity index (χ3n) is 3.76. The lowest BCUT2D eigenvalue weighted by Gasteiger charge is -2.38. The van der Waals surface area contributed by atoms with Crippen molar-refractivity contribution in [2.24, 2.45) is 0 Å². The number of phenolic OH excluding ortho intramolecular Hbond substituents is 2. The summed E-state index contributed by atoms with van der Waals surface area (Å²) in [4.78, 5) is 0. The molecule has 3 N–H and O–H groups in total. The molecule has 4 nitrogen and oxygen atoms in total. The molecule has 0 radical (unpaired) electrons. The fraction of sp³-hybridized carbons (Fsp3) is 0.200. The van der Waals surface area contributed by atoms with Gasteiger partial charge in [0.15, 0.2) is 0 Å². The Balaban J connectivity index is 2.33. The number of rotatable bonds is 0. The van der Waals surface area contributed by atoms with Crippen LogP contribution in [-0.2, 0) is 5.41 Å². The molecule has 1 heterocycles. The van der Waals surface area contributed by atoms with Crippen LogP contribution in [0.15, 0.2) is 36.4 Å². The maximum Gasteiger partial charge on any atom is 0.116 e. The maximum absolute atomic E-state index is 10.3. The lowest BCUT2D eigenvalue weighted by Crippen LogP contribution is -2.31. The Bertz CT molecular complexity index is 609. The van der Waals surface area contributed by atoms with Crippen LogP contribution in [0.1, 0.15) is 25.0 Å². The average Bonchev–Trinajstić information content (AvgIpc) is 2.36. The summed E-state index contributed by atoms with van der Waals surface area (Å²) in [5.41, 5.74) is 2.49. The first-order chi connectivity index (χ1) is 8.91. The first-order valence-corrected chi connectivity index (χ1v) is 6.07. The molecule has 0 aliphatic carbocycles. The first kappa shape index (κ1) is 11.9. The molecule has 0 atom stereocenters. The lowest BCUT2D eigenvalue weighted by molar-refractivity contribution is 0.292. The van der Waals surface area contributed by atoms with Crippen molar-refractivity contribution in [3.05, 3.63) is 47.5 Å². The van der Waals surface area contributed by atoms with E-state index in [1.165, 1.54) is 0 Å². The van der Waals surface area contributed by atoms with Crippen LogP contribution >= 0.6 is 0 Å². The Kier molecular flexibility index (Phi) is 2.28. The molecule has 3 rings (SSSR count). The van der Waals surface area contributed by atoms with Gasteiger partial charge in [0.1, 0.15) is 11.5 Å². The van der Waals surface area contributed by atoms with Crippen molar-refractivity contribution in [1.29, 1.82) is 0 Å². The fourth-order valence-corrected chi connectivity index (χ4v) is 2.69. The minimum absolute atomic E-state index is 0.156. The van der Waals surface area contributed by atoms with Gasteiger partial charge in [-0.25, -0.2) is 5.06 Å². The van der Waals surface area contributed by atoms with E-state index in [0.29, 0.717) is 11.4 Å². The fourth-order valence-electron chi connectivity index (χ4n) is 2.69. The summed E-state index contributed by atoms with van der Waals surface area (Å²) >= 11 is 0. The van der Waals surface area contributed by atoms with E-state index in [2.05, 4.69) is 0 Å². The summed E-state index contributed by atoms with van der Waals surface area (Å²) in [7, 11) is 0. The maximum atomic E-state index is 10.3. The third-order valence-corrected chi connectivity index (χ3v) is 3.76. The standard InChI is InChI=1S/C15H15NO3/c1-15(2)11-7-9(17)3-5-13(11)16(19)14-6-4-10(18)8-12(14)15/h3-8,17-19H,1-2H3. The third kappa shape index (κ3) is 1.57. The largest absolute Gasteiger partial charge is 0.508 e. The van der Waals surface area contributed by atoms with E-state index in [1.807, 2.05) is 13.8 Å². The predicted molar refractivity (Wildman–Crippen MR) is 72.3 cm³/mol. The van der Waals surface area contributed by atoms with E-state index in [9.17, 15) is 15.4 Å². The van der Waals surface area contributed by atoms with E-state index < -0.39 is 5.41 Å². The van der Waals surface area contributed by atoms with Crippen LogP contribution in [0.5, 0.6) is 11.5 Å². The monoisotopic (exact) mass is 257 g/mol. The number of fused-ring (bicyclic) bond motifs is 2. The zero-order valence-corrected chi connectivity index (χ0v) is 10.8. The van der Waals surface area contributed by atoms with Gasteiger partial charge >= 0.3 is 0 Å². The number of hydrogen-bond acceptors (Lipinski definition) is 4. The Morgan fingerprint density at radius 3 is 1.68 bits per heavy atom. The van der Waals surface area contributed by atoms with Crippen LogP contribution in [0.3, 0.4) is 0 Å². The molecule has 4 heteroatoms. The molecule has 0 amide bonds. The van der Waals surface area contributed by atoms with Crippen molar-refractivity contribution in [3.63, 3.8) is 0 Å². The van der Waals surface area contributed by atoms with E-state index >= 15 is 0 Å². The molecule has 1 aliphatic rings. The van der Waals surface area contributed by atoms with Gasteiger partial charge in [-0.2, -0.15) is 0 Å². The van der Waals surface area contributed by atoms with Crippen LogP contribution in [0.4, 0.5) is 11.4 Å². The Labute approximate surface area is 111 Å². The van der Waals surface area contributed by atoms with Crippen LogP contribution in [-0.4, -0.2) is 15.4 Å². The highest BCUT2D eigenvalue weighted by molar-refractivity contribution is 5.77. The molecule has 19 heavy (non-hydrogen) atoms. The van der Waals surface area contributed by atoms with Gasteiger partial charge in [0, 0.05) is 5.41 Å². The molecule has 0 saturated heterocycles. The van der Waals surface area contributed by atoms with Crippen LogP contribution in [0.2, 0.25) is 0 Å². The second-order valence-electron chi connectivity index (χ2n) is 5.34. The lowest BCUT2D eigenvalue weighted by atomic mass is 9.74. The summed E-state index contributed by atoms with van der Waals surface area (Å²) in [6, 6.07) is 9.74. The normalized spacial score (nSPS) is 15.8. The number of anilines is 2. The molecular formula is C15H15NO3. The second-order valence-corrected chi connectivity index (χ2v) is 5.34. The Hall–Kier alpha value is -2.20. The zero-order chi connectivity index (χ0) is 13.8. The molecule has 2 aromatic carbocycles. The van der Waals surface area contributed by atoms with Gasteiger partial charge in [0.25, 0.3) is 0 Å². The number of benzene rings is 2. The van der Waals surface area contributed by atoms with Gasteiger partial charge < -0.3 is 10.2 Å². The zero-order valence-electron chi connectivity index (χ0n) is 10.8. The van der Waals surface area contributed by atoms with Gasteiger partial charge in [-0.15, -0.1) is 0 Å². The Morgan fingerprint density at radius 1 is 0.842 bits per heavy atom. The second kappa shape index (κ2) is 3.65. The topological polar surface area (TPSA) is 63.9 Å². The predicted octanol–water partition coefficient (Wildman–Crippen LogP) is 3.26. The van der Waals surface area contributed by atoms with Crippen molar-refractivity contribution in [1.82, 2.24) is 0 Å². The molecule has 0 bridgehead atoms. The smallest absolute Gasteiger partial charge is 0.116 e. The summed E-state index contributed by atoms with van der Waals surface area (Å²) in [5, 5.41) is 30.7. The van der Waals surface area contributed by atoms with Crippen molar-refractivity contribution in [2.45, 2.75) is 19.3 Å². The molecule has 0 spiro atoms. The molecule has 0 fully saturated rings. The average molecular weight is 257 g/mol. The summed E-state index contributed by atoms with van der Waals surface area (Å²) in [6.45, 7) is 3.99. The minimum atomic E-state index is -0.415. The van der Waals surface area contributed by atoms with Gasteiger partial charge in [0.2, 0.25) is 0 Å². The van der Waals surface area contributed by atoms with Crippen LogP contribution in [0.25, 0.3) is 0 Å². The Morgan fingerprint density at radius 2 is 1.26 bits per heavy atom. The molecule has 0 saturated carbocycles. The van der Waals surface area contributed by atoms with E-state index in [-0.39, 0.29) is 11.5 Å². The first-order valence-electron chi connectivity index (χ1n) is 6.07. The molecule has 98 valence electrons. The molecular weight excluding hydrogens is 242 g/mol. The van der Waals surface area contributed by atoms with E-state index in [1.54, 1.807) is 36.4 Å². The van der Waals surface area contributed by atoms with Gasteiger partial charge in [-0.1, -0.05) is 13.8 Å². The molecule has 0 unspecified atom stereocenters. The number of hydrogen-bond donors (Lipinski definition) is 3. The van der Waals surface area contributed by atoms with Crippen molar-refractivity contribution in [3.8, 4) is 11.5 Å². The van der Waals surface area contributed by atoms with Crippen molar-refractivity contribution < 1.29 is 15.4 Å². The SMILES string of the molecule is CC1(C)c2cc(O)ccc2N(O)c2ccc(O)cc21. The summed E-state index contributed by atoms with van der Waals surface area (Å²) in [6.07, 6.45) is 0. The molecule has 2 aromatic rings. The summed E-state index contributed by atoms with van der Waals surface area (Å²) in [5.74, 6) is 0.313. The highest BCUT2D eigenvalue weighted by Crippen LogP contribution is 2.49. The van der Waals surface area contributed by atoms with Crippen LogP contribution in [0, 0.1) is 0 Å². The van der Waals surface area contributed by atoms with Crippen molar-refractivity contribution >= 4 is 11.4 Å². The number of phenols is 2. The number of aromatic hydroxyl groups is 2. The van der Waals surface area contributed by atoms with Gasteiger partial charge in [0.05, 0.1) is 11.4 Å². The highest BCUT2D eigenvalue weighted by Gasteiger charge is 2.36. The minimum Gasteiger partial charge on any atom is -0.508 e. The molecule has 1 aliphatic heterocycles. The number of nitrogens with zero attached hydrogens (tertiary/aromatic N) is 1. The van der Waals surface area contributed by atoms with E-state index in [0.717, 1.165) is 16.2 Å². The van der Waals surface area contributed by atoms with Crippen molar-refractivity contribution in [2.75, 3.05) is 5.06 Å². The summed E-state index contributed by atoms with van der Waals surface area (Å²) < 4.78 is 0. The quantitative estimate of drug-likeness (QED) is 0.677. The van der Waals surface area contributed by atoms with Gasteiger partial charge in [-0.05, 0) is 47.5 Å². The highest BCUT2D eigenvalue weighted by atomic mass is 16.5. The van der Waals surface area contributed by atoms with Gasteiger partial charge in [-0.3, -0.25) is 5.21 Å². The van der Waals surface area contributed by atoms with E-state index in [4.69, 9.17) is 0 Å². The molecule has 0 aromatic heterocycles.